The van der Waals surface area contributed by atoms with Crippen molar-refractivity contribution in [1.29, 1.82) is 0 Å². The van der Waals surface area contributed by atoms with Crippen molar-refractivity contribution in [3.63, 3.8) is 0 Å². The molecule has 0 N–H and O–H groups in total. The number of piperidine rings is 1. The number of aryl methyl sites for hydroxylation is 1. The summed E-state index contributed by atoms with van der Waals surface area (Å²) in [4.78, 5) is 22.0. The number of aromatic nitrogens is 4. The second-order valence-electron chi connectivity index (χ2n) is 8.13. The highest BCUT2D eigenvalue weighted by molar-refractivity contribution is 7.99. The van der Waals surface area contributed by atoms with E-state index in [2.05, 4.69) is 21.8 Å². The van der Waals surface area contributed by atoms with Crippen LogP contribution in [0.5, 0.6) is 0 Å². The lowest BCUT2D eigenvalue weighted by Crippen LogP contribution is -2.40. The largest absolute Gasteiger partial charge is 0.381 e. The molecule has 0 bridgehead atoms. The summed E-state index contributed by atoms with van der Waals surface area (Å²) >= 11 is 1.64. The zero-order chi connectivity index (χ0) is 19.8. The van der Waals surface area contributed by atoms with Gasteiger partial charge >= 0.3 is 0 Å². The Morgan fingerprint density at radius 1 is 1.03 bits per heavy atom. The maximum Gasteiger partial charge on any atom is 0.179 e. The fourth-order valence-electron chi connectivity index (χ4n) is 4.18. The second-order valence-corrected chi connectivity index (χ2v) is 9.19. The lowest BCUT2D eigenvalue weighted by Gasteiger charge is -2.38. The van der Waals surface area contributed by atoms with Gasteiger partial charge in [0.15, 0.2) is 5.65 Å². The molecule has 2 aliphatic heterocycles. The van der Waals surface area contributed by atoms with Crippen molar-refractivity contribution in [2.75, 3.05) is 31.2 Å². The van der Waals surface area contributed by atoms with Crippen molar-refractivity contribution in [2.45, 2.75) is 43.0 Å². The highest BCUT2D eigenvalue weighted by Gasteiger charge is 2.38. The Labute approximate surface area is 175 Å². The number of ether oxygens (including phenoxy) is 1. The van der Waals surface area contributed by atoms with Crippen LogP contribution in [0.15, 0.2) is 40.5 Å². The van der Waals surface area contributed by atoms with Crippen molar-refractivity contribution in [1.82, 2.24) is 19.9 Å². The molecule has 0 unspecified atom stereocenters. The molecule has 7 heteroatoms. The summed E-state index contributed by atoms with van der Waals surface area (Å²) in [5.74, 6) is 0.953. The molecule has 150 valence electrons. The third kappa shape index (κ3) is 3.69. The summed E-state index contributed by atoms with van der Waals surface area (Å²) in [6.45, 7) is 8.00. The average Bonchev–Trinajstić information content (AvgIpc) is 3.19. The molecular weight excluding hydrogens is 382 g/mol. The molecule has 2 aliphatic rings. The van der Waals surface area contributed by atoms with Gasteiger partial charge in [-0.2, -0.15) is 0 Å². The molecule has 0 radical (unpaired) electrons. The van der Waals surface area contributed by atoms with Gasteiger partial charge in [0.25, 0.3) is 0 Å². The van der Waals surface area contributed by atoms with E-state index >= 15 is 0 Å². The number of pyridine rings is 2. The molecule has 5 rings (SSSR count). The van der Waals surface area contributed by atoms with E-state index in [0.29, 0.717) is 11.1 Å². The Bertz CT molecular complexity index is 1040. The molecule has 0 amide bonds. The lowest BCUT2D eigenvalue weighted by molar-refractivity contribution is 0.133. The van der Waals surface area contributed by atoms with E-state index in [1.165, 1.54) is 29.7 Å². The van der Waals surface area contributed by atoms with Crippen LogP contribution in [-0.4, -0.2) is 46.2 Å². The van der Waals surface area contributed by atoms with Crippen molar-refractivity contribution < 1.29 is 4.74 Å². The van der Waals surface area contributed by atoms with Crippen LogP contribution in [-0.2, 0) is 4.74 Å². The van der Waals surface area contributed by atoms with E-state index in [0.717, 1.165) is 48.4 Å². The minimum Gasteiger partial charge on any atom is -0.381 e. The van der Waals surface area contributed by atoms with Crippen LogP contribution in [0.2, 0.25) is 0 Å². The van der Waals surface area contributed by atoms with E-state index < -0.39 is 0 Å². The Morgan fingerprint density at radius 2 is 1.90 bits per heavy atom. The van der Waals surface area contributed by atoms with Crippen LogP contribution in [0.3, 0.4) is 0 Å². The Hall–Kier alpha value is -2.25. The number of anilines is 1. The van der Waals surface area contributed by atoms with Crippen LogP contribution in [0.25, 0.3) is 11.2 Å². The Kier molecular flexibility index (Phi) is 4.87. The van der Waals surface area contributed by atoms with Gasteiger partial charge in [0.2, 0.25) is 0 Å². The molecule has 0 saturated carbocycles. The minimum atomic E-state index is 0.401. The quantitative estimate of drug-likeness (QED) is 0.645. The summed E-state index contributed by atoms with van der Waals surface area (Å²) in [5, 5.41) is 0.925. The molecule has 3 aromatic heterocycles. The van der Waals surface area contributed by atoms with Crippen LogP contribution in [0.4, 0.5) is 5.82 Å². The van der Waals surface area contributed by atoms with E-state index in [1.807, 2.05) is 37.5 Å². The van der Waals surface area contributed by atoms with Crippen molar-refractivity contribution in [2.24, 2.45) is 5.41 Å². The van der Waals surface area contributed by atoms with E-state index in [-0.39, 0.29) is 0 Å². The van der Waals surface area contributed by atoms with Gasteiger partial charge in [0, 0.05) is 36.5 Å². The summed E-state index contributed by atoms with van der Waals surface area (Å²) in [6.07, 6.45) is 7.26. The summed E-state index contributed by atoms with van der Waals surface area (Å²) in [7, 11) is 0. The first kappa shape index (κ1) is 18.8. The molecule has 0 aliphatic carbocycles. The fraction of sp³-hybridized carbons (Fsp3) is 0.455. The Morgan fingerprint density at radius 3 is 2.69 bits per heavy atom. The Balaban J connectivity index is 1.34. The third-order valence-electron chi connectivity index (χ3n) is 6.32. The third-order valence-corrected chi connectivity index (χ3v) is 7.42. The zero-order valence-electron chi connectivity index (χ0n) is 16.9. The number of hydrogen-bond acceptors (Lipinski definition) is 7. The maximum absolute atomic E-state index is 5.64. The number of fused-ring (bicyclic) bond motifs is 1. The predicted octanol–water partition coefficient (Wildman–Crippen LogP) is 4.19. The van der Waals surface area contributed by atoms with Gasteiger partial charge in [0.1, 0.15) is 16.4 Å². The SMILES string of the molecule is Cc1nccc(Sc2ccc3nc(N4CCC5(CCOC5)CC4)cnc3n2)c1C. The van der Waals surface area contributed by atoms with Crippen LogP contribution in [0, 0.1) is 19.3 Å². The van der Waals surface area contributed by atoms with Gasteiger partial charge in [-0.15, -0.1) is 0 Å². The van der Waals surface area contributed by atoms with E-state index in [9.17, 15) is 0 Å². The van der Waals surface area contributed by atoms with Gasteiger partial charge in [-0.3, -0.25) is 4.98 Å². The minimum absolute atomic E-state index is 0.401. The molecule has 6 nitrogen and oxygen atoms in total. The summed E-state index contributed by atoms with van der Waals surface area (Å²) < 4.78 is 5.64. The van der Waals surface area contributed by atoms with Gasteiger partial charge in [-0.25, -0.2) is 15.0 Å². The first-order valence-electron chi connectivity index (χ1n) is 10.2. The van der Waals surface area contributed by atoms with Gasteiger partial charge in [0.05, 0.1) is 12.8 Å². The van der Waals surface area contributed by atoms with Crippen LogP contribution >= 0.6 is 11.8 Å². The first-order valence-corrected chi connectivity index (χ1v) is 11.0. The number of hydrogen-bond donors (Lipinski definition) is 0. The van der Waals surface area contributed by atoms with Gasteiger partial charge in [-0.1, -0.05) is 11.8 Å². The maximum atomic E-state index is 5.64. The molecule has 5 heterocycles. The summed E-state index contributed by atoms with van der Waals surface area (Å²) in [5.41, 5.74) is 4.18. The van der Waals surface area contributed by atoms with Crippen LogP contribution in [0.1, 0.15) is 30.5 Å². The molecule has 0 aromatic carbocycles. The highest BCUT2D eigenvalue weighted by Crippen LogP contribution is 2.40. The van der Waals surface area contributed by atoms with Gasteiger partial charge < -0.3 is 9.64 Å². The molecule has 2 saturated heterocycles. The molecule has 3 aromatic rings. The molecule has 2 fully saturated rings. The molecule has 29 heavy (non-hydrogen) atoms. The summed E-state index contributed by atoms with van der Waals surface area (Å²) in [6, 6.07) is 6.09. The second kappa shape index (κ2) is 7.54. The molecule has 1 spiro atoms. The van der Waals surface area contributed by atoms with Gasteiger partial charge in [-0.05, 0) is 62.3 Å². The van der Waals surface area contributed by atoms with E-state index in [4.69, 9.17) is 14.7 Å². The number of nitrogens with zero attached hydrogens (tertiary/aromatic N) is 5. The monoisotopic (exact) mass is 407 g/mol. The van der Waals surface area contributed by atoms with Crippen LogP contribution < -0.4 is 4.90 Å². The molecular formula is C22H25N5OS. The molecule has 0 atom stereocenters. The fourth-order valence-corrected chi connectivity index (χ4v) is 5.10. The average molecular weight is 408 g/mol. The van der Waals surface area contributed by atoms with Crippen molar-refractivity contribution >= 4 is 28.7 Å². The topological polar surface area (TPSA) is 64.0 Å². The standard InChI is InChI=1S/C22H25N5OS/c1-15-16(2)23-9-5-18(15)29-20-4-3-17-21(26-20)24-13-19(25-17)27-10-6-22(7-11-27)8-12-28-14-22/h3-5,9,13H,6-8,10-12,14H2,1-2H3. The van der Waals surface area contributed by atoms with Crippen molar-refractivity contribution in [3.05, 3.63) is 41.9 Å². The highest BCUT2D eigenvalue weighted by atomic mass is 32.2. The normalized spacial score (nSPS) is 18.6. The zero-order valence-corrected chi connectivity index (χ0v) is 17.7. The lowest BCUT2D eigenvalue weighted by atomic mass is 9.78. The smallest absolute Gasteiger partial charge is 0.179 e. The van der Waals surface area contributed by atoms with Crippen molar-refractivity contribution in [3.8, 4) is 0 Å². The first-order chi connectivity index (χ1) is 14.1. The van der Waals surface area contributed by atoms with E-state index in [1.54, 1.807) is 11.8 Å². The number of rotatable bonds is 3. The predicted molar refractivity (Wildman–Crippen MR) is 114 cm³/mol.